The lowest BCUT2D eigenvalue weighted by atomic mass is 9.77. The zero-order valence-corrected chi connectivity index (χ0v) is 15.5. The lowest BCUT2D eigenvalue weighted by molar-refractivity contribution is -0.168. The zero-order chi connectivity index (χ0) is 20.9. The zero-order valence-electron chi connectivity index (χ0n) is 15.5. The van der Waals surface area contributed by atoms with E-state index in [0.29, 0.717) is 5.56 Å². The Morgan fingerprint density at radius 2 is 1.63 bits per heavy atom. The van der Waals surface area contributed by atoms with Crippen molar-refractivity contribution in [1.29, 1.82) is 5.26 Å². The third kappa shape index (κ3) is 6.12. The maximum Gasteiger partial charge on any atom is 0.329 e. The van der Waals surface area contributed by atoms with Crippen LogP contribution in [-0.2, 0) is 34.0 Å². The van der Waals surface area contributed by atoms with Gasteiger partial charge in [0.05, 0.1) is 13.5 Å². The first kappa shape index (κ1) is 23.6. The fraction of sp³-hybridized carbons (Fsp3) is 0.300. The van der Waals surface area contributed by atoms with Gasteiger partial charge in [0.25, 0.3) is 0 Å². The molecule has 0 bridgehead atoms. The second-order valence-corrected chi connectivity index (χ2v) is 5.30. The summed E-state index contributed by atoms with van der Waals surface area (Å²) in [6.45, 7) is 12.0. The highest BCUT2D eigenvalue weighted by Gasteiger charge is 2.52. The lowest BCUT2D eigenvalue weighted by Gasteiger charge is -2.28. The number of nitriles is 1. The number of esters is 3. The van der Waals surface area contributed by atoms with Gasteiger partial charge in [0.1, 0.15) is 13.2 Å². The molecule has 1 rings (SSSR count). The molecule has 1 aromatic rings. The van der Waals surface area contributed by atoms with Crippen LogP contribution < -0.4 is 0 Å². The summed E-state index contributed by atoms with van der Waals surface area (Å²) >= 11 is 0. The highest BCUT2D eigenvalue weighted by molar-refractivity contribution is 6.09. The minimum Gasteiger partial charge on any atom is -0.469 e. The predicted molar refractivity (Wildman–Crippen MR) is 98.5 cm³/mol. The number of aryl methyl sites for hydroxylation is 1. The molecule has 0 spiro atoms. The third-order valence-electron chi connectivity index (χ3n) is 3.51. The normalized spacial score (nSPS) is 9.78. The van der Waals surface area contributed by atoms with Gasteiger partial charge in [-0.3, -0.25) is 14.4 Å². The van der Waals surface area contributed by atoms with Crippen LogP contribution in [0.25, 0.3) is 0 Å². The monoisotopic (exact) mass is 373 g/mol. The van der Waals surface area contributed by atoms with Crippen LogP contribution in [0.4, 0.5) is 0 Å². The van der Waals surface area contributed by atoms with Crippen LogP contribution in [0.3, 0.4) is 0 Å². The average Bonchev–Trinajstić information content (AvgIpc) is 2.69. The standard InChI is InChI=1S/C19H22O6.CHN/c1-5-10-24-17(21)19(13-16(20)23-4,18(22)25-11-6-2)15-9-7-8-14(3)12-15;1-2/h5-9,12H,1-2,10-11,13H2,3-4H3;1H. The molecule has 7 heteroatoms. The molecule has 0 saturated carbocycles. The van der Waals surface area contributed by atoms with Gasteiger partial charge in [-0.05, 0) is 12.5 Å². The fourth-order valence-corrected chi connectivity index (χ4v) is 2.28. The summed E-state index contributed by atoms with van der Waals surface area (Å²) in [5.41, 5.74) is -0.869. The first-order chi connectivity index (χ1) is 12.9. The first-order valence-corrected chi connectivity index (χ1v) is 7.88. The number of carbonyl (C=O) groups excluding carboxylic acids is 3. The van der Waals surface area contributed by atoms with Crippen molar-refractivity contribution in [3.05, 3.63) is 60.7 Å². The summed E-state index contributed by atoms with van der Waals surface area (Å²) in [6.07, 6.45) is 2.19. The van der Waals surface area contributed by atoms with E-state index >= 15 is 0 Å². The van der Waals surface area contributed by atoms with Gasteiger partial charge in [-0.2, -0.15) is 0 Å². The molecule has 0 aliphatic heterocycles. The molecule has 0 heterocycles. The van der Waals surface area contributed by atoms with Crippen LogP contribution in [0.1, 0.15) is 17.5 Å². The van der Waals surface area contributed by atoms with Crippen molar-refractivity contribution in [2.24, 2.45) is 0 Å². The van der Waals surface area contributed by atoms with Crippen molar-refractivity contribution in [3.8, 4) is 6.57 Å². The molecule has 0 fully saturated rings. The van der Waals surface area contributed by atoms with Gasteiger partial charge in [-0.15, -0.1) is 0 Å². The lowest BCUT2D eigenvalue weighted by Crippen LogP contribution is -2.48. The SMILES string of the molecule is C#N.C=CCOC(=O)C(CC(=O)OC)(C(=O)OCC=C)c1cccc(C)c1. The number of ether oxygens (including phenoxy) is 3. The van der Waals surface area contributed by atoms with E-state index in [2.05, 4.69) is 24.5 Å². The second kappa shape index (κ2) is 12.0. The van der Waals surface area contributed by atoms with E-state index in [9.17, 15) is 14.4 Å². The molecule has 0 aliphatic carbocycles. The Morgan fingerprint density at radius 1 is 1.11 bits per heavy atom. The van der Waals surface area contributed by atoms with E-state index < -0.39 is 29.7 Å². The number of rotatable bonds is 9. The number of hydrogen-bond donors (Lipinski definition) is 0. The van der Waals surface area contributed by atoms with Crippen LogP contribution in [0.5, 0.6) is 0 Å². The minimum absolute atomic E-state index is 0.109. The van der Waals surface area contributed by atoms with E-state index in [4.69, 9.17) is 14.7 Å². The average molecular weight is 373 g/mol. The molecule has 0 saturated heterocycles. The Labute approximate surface area is 158 Å². The number of benzene rings is 1. The summed E-state index contributed by atoms with van der Waals surface area (Å²) in [7, 11) is 1.17. The summed E-state index contributed by atoms with van der Waals surface area (Å²) in [4.78, 5) is 37.5. The molecule has 0 aromatic heterocycles. The van der Waals surface area contributed by atoms with Gasteiger partial charge in [-0.1, -0.05) is 55.1 Å². The predicted octanol–water partition coefficient (Wildman–Crippen LogP) is 2.39. The molecule has 0 amide bonds. The number of nitrogens with zero attached hydrogens (tertiary/aromatic N) is 1. The number of carbonyl (C=O) groups is 3. The molecular weight excluding hydrogens is 350 g/mol. The summed E-state index contributed by atoms with van der Waals surface area (Å²) in [5, 5.41) is 6.50. The maximum atomic E-state index is 12.8. The van der Waals surface area contributed by atoms with Gasteiger partial charge < -0.3 is 14.2 Å². The second-order valence-electron chi connectivity index (χ2n) is 5.30. The van der Waals surface area contributed by atoms with Gasteiger partial charge in [0.2, 0.25) is 0 Å². The van der Waals surface area contributed by atoms with Gasteiger partial charge >= 0.3 is 17.9 Å². The number of methoxy groups -OCH3 is 1. The van der Waals surface area contributed by atoms with Crippen molar-refractivity contribution >= 4 is 17.9 Å². The largest absolute Gasteiger partial charge is 0.469 e. The summed E-state index contributed by atoms with van der Waals surface area (Å²) < 4.78 is 14.9. The molecule has 1 aromatic carbocycles. The van der Waals surface area contributed by atoms with Crippen LogP contribution in [-0.4, -0.2) is 38.2 Å². The van der Waals surface area contributed by atoms with Crippen molar-refractivity contribution < 1.29 is 28.6 Å². The van der Waals surface area contributed by atoms with Crippen molar-refractivity contribution in [1.82, 2.24) is 0 Å². The van der Waals surface area contributed by atoms with Crippen LogP contribution in [0, 0.1) is 18.8 Å². The highest BCUT2D eigenvalue weighted by atomic mass is 16.6. The summed E-state index contributed by atoms with van der Waals surface area (Å²) in [5.74, 6) is -2.55. The first-order valence-electron chi connectivity index (χ1n) is 7.88. The van der Waals surface area contributed by atoms with E-state index in [0.717, 1.165) is 5.56 Å². The van der Waals surface area contributed by atoms with Crippen LogP contribution in [0.15, 0.2) is 49.6 Å². The summed E-state index contributed by atoms with van der Waals surface area (Å²) in [6, 6.07) is 6.68. The van der Waals surface area contributed by atoms with Crippen molar-refractivity contribution in [2.75, 3.05) is 20.3 Å². The van der Waals surface area contributed by atoms with Gasteiger partial charge in [0, 0.05) is 6.57 Å². The van der Waals surface area contributed by atoms with E-state index in [-0.39, 0.29) is 13.2 Å². The van der Waals surface area contributed by atoms with Crippen LogP contribution >= 0.6 is 0 Å². The Hall–Kier alpha value is -3.40. The maximum absolute atomic E-state index is 12.8. The minimum atomic E-state index is -1.97. The Morgan fingerprint density at radius 3 is 2.04 bits per heavy atom. The van der Waals surface area contributed by atoms with Gasteiger partial charge in [0.15, 0.2) is 5.41 Å². The molecular formula is C20H23NO6. The topological polar surface area (TPSA) is 103 Å². The molecule has 0 aliphatic rings. The molecule has 27 heavy (non-hydrogen) atoms. The Bertz CT molecular complexity index is 683. The quantitative estimate of drug-likeness (QED) is 0.283. The molecule has 7 nitrogen and oxygen atoms in total. The van der Waals surface area contributed by atoms with Gasteiger partial charge in [-0.25, -0.2) is 5.26 Å². The Balaban J connectivity index is 0.00000326. The molecule has 0 unspecified atom stereocenters. The molecule has 0 N–H and O–H groups in total. The molecule has 0 radical (unpaired) electrons. The van der Waals surface area contributed by atoms with Crippen molar-refractivity contribution in [3.63, 3.8) is 0 Å². The van der Waals surface area contributed by atoms with Crippen LogP contribution in [0.2, 0.25) is 0 Å². The smallest absolute Gasteiger partial charge is 0.329 e. The molecule has 144 valence electrons. The van der Waals surface area contributed by atoms with Crippen molar-refractivity contribution in [2.45, 2.75) is 18.8 Å². The van der Waals surface area contributed by atoms with E-state index in [1.807, 2.05) is 0 Å². The van der Waals surface area contributed by atoms with E-state index in [1.165, 1.54) is 19.3 Å². The Kier molecular flexibility index (Phi) is 10.5. The number of hydrogen-bond acceptors (Lipinski definition) is 7. The van der Waals surface area contributed by atoms with E-state index in [1.54, 1.807) is 31.2 Å². The third-order valence-corrected chi connectivity index (χ3v) is 3.51. The molecule has 0 atom stereocenters. The highest BCUT2D eigenvalue weighted by Crippen LogP contribution is 2.33. The fourth-order valence-electron chi connectivity index (χ4n) is 2.28.